The Morgan fingerprint density at radius 2 is 0.674 bits per heavy atom. The fourth-order valence-corrected chi connectivity index (χ4v) is 7.84. The highest BCUT2D eigenvalue weighted by Crippen LogP contribution is 2.45. The van der Waals surface area contributed by atoms with E-state index in [1.165, 1.54) is 161 Å². The molecular weight excluding hydrogens is 560 g/mol. The molecule has 0 saturated carbocycles. The van der Waals surface area contributed by atoms with Gasteiger partial charge in [-0.05, 0) is 49.4 Å². The molecule has 0 fully saturated rings. The highest BCUT2D eigenvalue weighted by Gasteiger charge is 2.43. The fourth-order valence-electron chi connectivity index (χ4n) is 7.84. The van der Waals surface area contributed by atoms with E-state index >= 15 is 0 Å². The van der Waals surface area contributed by atoms with Gasteiger partial charge in [0.25, 0.3) is 0 Å². The van der Waals surface area contributed by atoms with Crippen molar-refractivity contribution in [2.24, 2.45) is 29.1 Å². The lowest BCUT2D eigenvalue weighted by atomic mass is 9.65. The lowest BCUT2D eigenvalue weighted by Gasteiger charge is -2.38. The standard InChI is InChI=1S/C44H88O2/c1-8-9-10-11-12-13-14-21-28-35-42(36-29-22-15-18-25-32-39(2)3)44(43(45)46,37-30-23-16-19-26-33-40(4)5)38-31-24-17-20-27-34-41(6)7/h39-42H,8-38H2,1-7H3,(H,45,46). The largest absolute Gasteiger partial charge is 0.481 e. The van der Waals surface area contributed by atoms with Gasteiger partial charge in [0.2, 0.25) is 0 Å². The maximum absolute atomic E-state index is 13.4. The van der Waals surface area contributed by atoms with Gasteiger partial charge in [0.1, 0.15) is 0 Å². The highest BCUT2D eigenvalue weighted by molar-refractivity contribution is 5.75. The summed E-state index contributed by atoms with van der Waals surface area (Å²) in [7, 11) is 0. The van der Waals surface area contributed by atoms with Crippen molar-refractivity contribution >= 4 is 5.97 Å². The van der Waals surface area contributed by atoms with Crippen LogP contribution in [0.3, 0.4) is 0 Å². The summed E-state index contributed by atoms with van der Waals surface area (Å²) in [6.45, 7) is 16.3. The second-order valence-corrected chi connectivity index (χ2v) is 16.9. The molecule has 2 nitrogen and oxygen atoms in total. The zero-order valence-corrected chi connectivity index (χ0v) is 33.1. The van der Waals surface area contributed by atoms with Crippen molar-refractivity contribution in [3.63, 3.8) is 0 Å². The van der Waals surface area contributed by atoms with Gasteiger partial charge in [0, 0.05) is 0 Å². The molecule has 0 spiro atoms. The maximum Gasteiger partial charge on any atom is 0.309 e. The number of hydrogen-bond donors (Lipinski definition) is 1. The number of carboxylic acid groups (broad SMARTS) is 1. The summed E-state index contributed by atoms with van der Waals surface area (Å²) in [4.78, 5) is 13.4. The Labute approximate surface area is 291 Å². The minimum Gasteiger partial charge on any atom is -0.481 e. The van der Waals surface area contributed by atoms with Gasteiger partial charge in [0.15, 0.2) is 0 Å². The van der Waals surface area contributed by atoms with Crippen molar-refractivity contribution < 1.29 is 9.90 Å². The topological polar surface area (TPSA) is 37.3 Å². The lowest BCUT2D eigenvalue weighted by molar-refractivity contribution is -0.155. The number of hydrogen-bond acceptors (Lipinski definition) is 1. The van der Waals surface area contributed by atoms with E-state index < -0.39 is 11.4 Å². The van der Waals surface area contributed by atoms with Gasteiger partial charge in [-0.2, -0.15) is 0 Å². The molecule has 0 amide bonds. The Kier molecular flexibility index (Phi) is 31.4. The molecular formula is C44H88O2. The van der Waals surface area contributed by atoms with Crippen LogP contribution in [0.5, 0.6) is 0 Å². The van der Waals surface area contributed by atoms with Crippen molar-refractivity contribution in [2.75, 3.05) is 0 Å². The molecule has 46 heavy (non-hydrogen) atoms. The Morgan fingerprint density at radius 1 is 0.413 bits per heavy atom. The molecule has 1 N–H and O–H groups in total. The summed E-state index contributed by atoms with van der Waals surface area (Å²) in [5.41, 5.74) is -0.506. The minimum atomic E-state index is -0.506. The van der Waals surface area contributed by atoms with Crippen molar-refractivity contribution in [2.45, 2.75) is 248 Å². The molecule has 0 aromatic carbocycles. The SMILES string of the molecule is CCCCCCCCCCCC(CCCCCCCC(C)C)C(CCCCCCCC(C)C)(CCCCCCCC(C)C)C(=O)O. The van der Waals surface area contributed by atoms with Gasteiger partial charge in [-0.25, -0.2) is 0 Å². The van der Waals surface area contributed by atoms with Crippen LogP contribution in [-0.4, -0.2) is 11.1 Å². The van der Waals surface area contributed by atoms with Crippen LogP contribution in [-0.2, 0) is 4.79 Å². The molecule has 0 radical (unpaired) electrons. The molecule has 1 atom stereocenters. The predicted octanol–water partition coefficient (Wildman–Crippen LogP) is 15.8. The van der Waals surface area contributed by atoms with Crippen LogP contribution in [0.1, 0.15) is 248 Å². The number of aliphatic carboxylic acids is 1. The summed E-state index contributed by atoms with van der Waals surface area (Å²) in [6.07, 6.45) is 39.2. The van der Waals surface area contributed by atoms with E-state index in [2.05, 4.69) is 48.5 Å². The second kappa shape index (κ2) is 31.7. The molecule has 0 saturated heterocycles. The number of carbonyl (C=O) groups is 1. The fraction of sp³-hybridized carbons (Fsp3) is 0.977. The summed E-state index contributed by atoms with van der Waals surface area (Å²) in [5.74, 6) is 2.29. The van der Waals surface area contributed by atoms with Crippen molar-refractivity contribution in [3.8, 4) is 0 Å². The van der Waals surface area contributed by atoms with E-state index in [-0.39, 0.29) is 0 Å². The van der Waals surface area contributed by atoms with Crippen LogP contribution in [0.2, 0.25) is 0 Å². The van der Waals surface area contributed by atoms with Crippen LogP contribution in [0.25, 0.3) is 0 Å². The molecule has 0 aromatic rings. The van der Waals surface area contributed by atoms with Gasteiger partial charge in [-0.3, -0.25) is 4.79 Å². The van der Waals surface area contributed by atoms with E-state index in [9.17, 15) is 9.90 Å². The summed E-state index contributed by atoms with van der Waals surface area (Å²) >= 11 is 0. The summed E-state index contributed by atoms with van der Waals surface area (Å²) < 4.78 is 0. The van der Waals surface area contributed by atoms with Crippen LogP contribution >= 0.6 is 0 Å². The third-order valence-corrected chi connectivity index (χ3v) is 11.0. The minimum absolute atomic E-state index is 0.354. The molecule has 0 aliphatic heterocycles. The van der Waals surface area contributed by atoms with E-state index in [0.717, 1.165) is 56.3 Å². The summed E-state index contributed by atoms with van der Waals surface area (Å²) in [6, 6.07) is 0. The van der Waals surface area contributed by atoms with Crippen LogP contribution in [0.4, 0.5) is 0 Å². The Balaban J connectivity index is 5.37. The Morgan fingerprint density at radius 3 is 0.957 bits per heavy atom. The molecule has 0 aliphatic carbocycles. The second-order valence-electron chi connectivity index (χ2n) is 16.9. The number of carboxylic acids is 1. The summed E-state index contributed by atoms with van der Waals surface area (Å²) in [5, 5.41) is 11.1. The van der Waals surface area contributed by atoms with Gasteiger partial charge < -0.3 is 5.11 Å². The quantitative estimate of drug-likeness (QED) is 0.0686. The van der Waals surface area contributed by atoms with E-state index in [0.29, 0.717) is 5.92 Å². The van der Waals surface area contributed by atoms with Crippen LogP contribution < -0.4 is 0 Å². The van der Waals surface area contributed by atoms with E-state index in [1.54, 1.807) is 0 Å². The van der Waals surface area contributed by atoms with Gasteiger partial charge in [0.05, 0.1) is 5.41 Å². The Bertz CT molecular complexity index is 614. The smallest absolute Gasteiger partial charge is 0.309 e. The first-order valence-electron chi connectivity index (χ1n) is 21.4. The normalized spacial score (nSPS) is 13.0. The third-order valence-electron chi connectivity index (χ3n) is 11.0. The monoisotopic (exact) mass is 649 g/mol. The molecule has 0 aliphatic rings. The molecule has 0 aromatic heterocycles. The zero-order chi connectivity index (χ0) is 34.3. The van der Waals surface area contributed by atoms with E-state index in [4.69, 9.17) is 0 Å². The molecule has 0 bridgehead atoms. The average molecular weight is 649 g/mol. The van der Waals surface area contributed by atoms with Crippen LogP contribution in [0.15, 0.2) is 0 Å². The van der Waals surface area contributed by atoms with Crippen molar-refractivity contribution in [1.29, 1.82) is 0 Å². The maximum atomic E-state index is 13.4. The van der Waals surface area contributed by atoms with Gasteiger partial charge in [-0.1, -0.05) is 222 Å². The van der Waals surface area contributed by atoms with Gasteiger partial charge in [-0.15, -0.1) is 0 Å². The van der Waals surface area contributed by atoms with Crippen molar-refractivity contribution in [3.05, 3.63) is 0 Å². The first-order valence-corrected chi connectivity index (χ1v) is 21.4. The first kappa shape index (κ1) is 45.5. The van der Waals surface area contributed by atoms with Crippen molar-refractivity contribution in [1.82, 2.24) is 0 Å². The molecule has 0 heterocycles. The lowest BCUT2D eigenvalue weighted by Crippen LogP contribution is -2.39. The first-order chi connectivity index (χ1) is 22.2. The Hall–Kier alpha value is -0.530. The van der Waals surface area contributed by atoms with Gasteiger partial charge >= 0.3 is 5.97 Å². The molecule has 1 unspecified atom stereocenters. The third kappa shape index (κ3) is 26.4. The average Bonchev–Trinajstić information content (AvgIpc) is 3.00. The predicted molar refractivity (Wildman–Crippen MR) is 207 cm³/mol. The molecule has 276 valence electrons. The highest BCUT2D eigenvalue weighted by atomic mass is 16.4. The van der Waals surface area contributed by atoms with E-state index in [1.807, 2.05) is 0 Å². The molecule has 0 rings (SSSR count). The van der Waals surface area contributed by atoms with Crippen LogP contribution in [0, 0.1) is 29.1 Å². The number of unbranched alkanes of at least 4 members (excludes halogenated alkanes) is 20. The molecule has 2 heteroatoms. The zero-order valence-electron chi connectivity index (χ0n) is 33.1. The number of rotatable bonds is 36.